The summed E-state index contributed by atoms with van der Waals surface area (Å²) in [6.45, 7) is 0. The van der Waals surface area contributed by atoms with Gasteiger partial charge >= 0.3 is 0 Å². The standard InChI is InChI=1S/C21H21N5O2/c1-26(2)20(27)10-14-6-8-17(9-7-14)25-21(28)16-5-3-4-15(11-16)18-12-24-19(22)13-23-18/h3-9,11-13H,10H2,1-2H3,(H2,22,24)(H,25,28). The predicted octanol–water partition coefficient (Wildman–Crippen LogP) is 2.61. The lowest BCUT2D eigenvalue weighted by atomic mass is 10.1. The molecular weight excluding hydrogens is 354 g/mol. The number of rotatable bonds is 5. The number of nitrogens with zero attached hydrogens (tertiary/aromatic N) is 3. The van der Waals surface area contributed by atoms with Gasteiger partial charge in [-0.1, -0.05) is 24.3 Å². The second-order valence-electron chi connectivity index (χ2n) is 6.52. The van der Waals surface area contributed by atoms with E-state index in [9.17, 15) is 9.59 Å². The van der Waals surface area contributed by atoms with Crippen LogP contribution in [0.4, 0.5) is 11.5 Å². The molecule has 7 nitrogen and oxygen atoms in total. The molecule has 0 aliphatic carbocycles. The molecule has 1 heterocycles. The molecule has 7 heteroatoms. The lowest BCUT2D eigenvalue weighted by Gasteiger charge is -2.11. The molecule has 1 aromatic heterocycles. The Morgan fingerprint density at radius 3 is 2.43 bits per heavy atom. The van der Waals surface area contributed by atoms with Crippen LogP contribution in [0.5, 0.6) is 0 Å². The highest BCUT2D eigenvalue weighted by molar-refractivity contribution is 6.04. The minimum atomic E-state index is -0.234. The van der Waals surface area contributed by atoms with Crippen molar-refractivity contribution in [2.24, 2.45) is 0 Å². The minimum absolute atomic E-state index is 0.0272. The van der Waals surface area contributed by atoms with Gasteiger partial charge in [-0.3, -0.25) is 14.6 Å². The Morgan fingerprint density at radius 1 is 1.04 bits per heavy atom. The van der Waals surface area contributed by atoms with Crippen LogP contribution in [0.1, 0.15) is 15.9 Å². The van der Waals surface area contributed by atoms with Gasteiger partial charge in [0.2, 0.25) is 5.91 Å². The first kappa shape index (κ1) is 19.0. The molecule has 0 radical (unpaired) electrons. The van der Waals surface area contributed by atoms with Crippen molar-refractivity contribution >= 4 is 23.3 Å². The monoisotopic (exact) mass is 375 g/mol. The molecule has 0 fully saturated rings. The third kappa shape index (κ3) is 4.70. The average molecular weight is 375 g/mol. The van der Waals surface area contributed by atoms with E-state index in [-0.39, 0.29) is 11.8 Å². The van der Waals surface area contributed by atoms with Crippen LogP contribution in [-0.2, 0) is 11.2 Å². The number of hydrogen-bond donors (Lipinski definition) is 2. The number of aromatic nitrogens is 2. The lowest BCUT2D eigenvalue weighted by Crippen LogP contribution is -2.23. The summed E-state index contributed by atoms with van der Waals surface area (Å²) in [4.78, 5) is 34.1. The Hall–Kier alpha value is -3.74. The smallest absolute Gasteiger partial charge is 0.255 e. The minimum Gasteiger partial charge on any atom is -0.382 e. The number of anilines is 2. The Balaban J connectivity index is 1.70. The SMILES string of the molecule is CN(C)C(=O)Cc1ccc(NC(=O)c2cccc(-c3cnc(N)cn3)c2)cc1. The number of benzene rings is 2. The number of nitrogens with one attached hydrogen (secondary N) is 1. The molecule has 2 amide bonds. The number of likely N-dealkylation sites (N-methyl/N-ethyl adjacent to an activating group) is 1. The maximum absolute atomic E-state index is 12.6. The third-order valence-corrected chi connectivity index (χ3v) is 4.16. The van der Waals surface area contributed by atoms with Crippen molar-refractivity contribution in [1.29, 1.82) is 0 Å². The zero-order valence-electron chi connectivity index (χ0n) is 15.7. The van der Waals surface area contributed by atoms with Crippen LogP contribution in [0.25, 0.3) is 11.3 Å². The highest BCUT2D eigenvalue weighted by Crippen LogP contribution is 2.19. The third-order valence-electron chi connectivity index (χ3n) is 4.16. The molecule has 28 heavy (non-hydrogen) atoms. The molecule has 0 saturated carbocycles. The molecule has 2 aromatic carbocycles. The summed E-state index contributed by atoms with van der Waals surface area (Å²) in [5.41, 5.74) is 9.02. The zero-order chi connectivity index (χ0) is 20.1. The van der Waals surface area contributed by atoms with Crippen LogP contribution in [0, 0.1) is 0 Å². The first-order valence-electron chi connectivity index (χ1n) is 8.71. The van der Waals surface area contributed by atoms with E-state index in [0.717, 1.165) is 11.1 Å². The van der Waals surface area contributed by atoms with Crippen molar-refractivity contribution in [1.82, 2.24) is 14.9 Å². The molecule has 0 spiro atoms. The molecule has 0 saturated heterocycles. The molecule has 142 valence electrons. The van der Waals surface area contributed by atoms with Crippen LogP contribution >= 0.6 is 0 Å². The van der Waals surface area contributed by atoms with Crippen molar-refractivity contribution < 1.29 is 9.59 Å². The second kappa shape index (κ2) is 8.30. The quantitative estimate of drug-likeness (QED) is 0.714. The lowest BCUT2D eigenvalue weighted by molar-refractivity contribution is -0.127. The predicted molar refractivity (Wildman–Crippen MR) is 109 cm³/mol. The van der Waals surface area contributed by atoms with Gasteiger partial charge in [-0.05, 0) is 29.8 Å². The maximum Gasteiger partial charge on any atom is 0.255 e. The van der Waals surface area contributed by atoms with E-state index in [1.54, 1.807) is 55.5 Å². The van der Waals surface area contributed by atoms with Gasteiger partial charge in [-0.25, -0.2) is 4.98 Å². The van der Waals surface area contributed by atoms with Crippen molar-refractivity contribution in [3.63, 3.8) is 0 Å². The van der Waals surface area contributed by atoms with Gasteiger partial charge in [0.15, 0.2) is 0 Å². The Kier molecular flexibility index (Phi) is 5.64. The molecule has 0 aliphatic heterocycles. The summed E-state index contributed by atoms with van der Waals surface area (Å²) < 4.78 is 0. The second-order valence-corrected chi connectivity index (χ2v) is 6.52. The summed E-state index contributed by atoms with van der Waals surface area (Å²) in [5.74, 6) is 0.134. The summed E-state index contributed by atoms with van der Waals surface area (Å²) in [7, 11) is 3.45. The zero-order valence-corrected chi connectivity index (χ0v) is 15.7. The molecule has 3 aromatic rings. The van der Waals surface area contributed by atoms with Crippen molar-refractivity contribution in [2.45, 2.75) is 6.42 Å². The summed E-state index contributed by atoms with van der Waals surface area (Å²) in [6, 6.07) is 14.4. The normalized spacial score (nSPS) is 10.4. The number of carbonyl (C=O) groups excluding carboxylic acids is 2. The molecule has 0 bridgehead atoms. The molecular formula is C21H21N5O2. The van der Waals surface area contributed by atoms with Crippen LogP contribution in [0.2, 0.25) is 0 Å². The van der Waals surface area contributed by atoms with Crippen LogP contribution in [0.3, 0.4) is 0 Å². The van der Waals surface area contributed by atoms with E-state index in [1.807, 2.05) is 18.2 Å². The largest absolute Gasteiger partial charge is 0.382 e. The van der Waals surface area contributed by atoms with Gasteiger partial charge in [-0.2, -0.15) is 0 Å². The van der Waals surface area contributed by atoms with Crippen molar-refractivity contribution in [3.8, 4) is 11.3 Å². The Morgan fingerprint density at radius 2 is 1.79 bits per heavy atom. The van der Waals surface area contributed by atoms with Crippen LogP contribution in [-0.4, -0.2) is 40.8 Å². The van der Waals surface area contributed by atoms with Gasteiger partial charge in [0.05, 0.1) is 24.5 Å². The van der Waals surface area contributed by atoms with Gasteiger partial charge in [0, 0.05) is 30.9 Å². The first-order valence-corrected chi connectivity index (χ1v) is 8.71. The molecule has 0 atom stereocenters. The van der Waals surface area contributed by atoms with E-state index in [4.69, 9.17) is 5.73 Å². The molecule has 3 N–H and O–H groups in total. The average Bonchev–Trinajstić information content (AvgIpc) is 2.70. The fraction of sp³-hybridized carbons (Fsp3) is 0.143. The number of amides is 2. The topological polar surface area (TPSA) is 101 Å². The molecule has 0 unspecified atom stereocenters. The van der Waals surface area contributed by atoms with Crippen LogP contribution < -0.4 is 11.1 Å². The van der Waals surface area contributed by atoms with Gasteiger partial charge in [0.1, 0.15) is 5.82 Å². The number of carbonyl (C=O) groups is 2. The fourth-order valence-corrected chi connectivity index (χ4v) is 2.55. The molecule has 3 rings (SSSR count). The maximum atomic E-state index is 12.6. The Labute approximate surface area is 163 Å². The van der Waals surface area contributed by atoms with E-state index in [2.05, 4.69) is 15.3 Å². The van der Waals surface area contributed by atoms with E-state index >= 15 is 0 Å². The van der Waals surface area contributed by atoms with Gasteiger partial charge in [0.25, 0.3) is 5.91 Å². The van der Waals surface area contributed by atoms with E-state index in [0.29, 0.717) is 29.2 Å². The van der Waals surface area contributed by atoms with Crippen LogP contribution in [0.15, 0.2) is 60.9 Å². The van der Waals surface area contributed by atoms with Crippen molar-refractivity contribution in [3.05, 3.63) is 72.1 Å². The van der Waals surface area contributed by atoms with E-state index < -0.39 is 0 Å². The highest BCUT2D eigenvalue weighted by atomic mass is 16.2. The first-order chi connectivity index (χ1) is 13.4. The van der Waals surface area contributed by atoms with E-state index in [1.165, 1.54) is 6.20 Å². The van der Waals surface area contributed by atoms with Crippen molar-refractivity contribution in [2.75, 3.05) is 25.1 Å². The number of hydrogen-bond acceptors (Lipinski definition) is 5. The summed E-state index contributed by atoms with van der Waals surface area (Å²) in [5, 5.41) is 2.86. The van der Waals surface area contributed by atoms with Gasteiger partial charge < -0.3 is 16.0 Å². The number of nitrogens with two attached hydrogens (primary N) is 1. The summed E-state index contributed by atoms with van der Waals surface area (Å²) >= 11 is 0. The fourth-order valence-electron chi connectivity index (χ4n) is 2.55. The highest BCUT2D eigenvalue weighted by Gasteiger charge is 2.10. The number of nitrogen functional groups attached to an aromatic ring is 1. The Bertz CT molecular complexity index is 982. The van der Waals surface area contributed by atoms with Gasteiger partial charge in [-0.15, -0.1) is 0 Å². The summed E-state index contributed by atoms with van der Waals surface area (Å²) in [6.07, 6.45) is 3.37. The molecule has 0 aliphatic rings.